The lowest BCUT2D eigenvalue weighted by Crippen LogP contribution is -2.59. The second kappa shape index (κ2) is 13.7. The van der Waals surface area contributed by atoms with Gasteiger partial charge in [0.05, 0.1) is 41.5 Å². The maximum Gasteiger partial charge on any atom is 0.312 e. The fourth-order valence-electron chi connectivity index (χ4n) is 8.03. The first-order valence-electron chi connectivity index (χ1n) is 16.2. The van der Waals surface area contributed by atoms with Gasteiger partial charge in [-0.15, -0.1) is 13.2 Å². The van der Waals surface area contributed by atoms with Gasteiger partial charge in [-0.25, -0.2) is 0 Å². The molecule has 9 heteroatoms. The number of amides is 2. The van der Waals surface area contributed by atoms with Crippen molar-refractivity contribution in [3.05, 3.63) is 90.0 Å². The maximum atomic E-state index is 15.1. The summed E-state index contributed by atoms with van der Waals surface area (Å²) in [5.74, 6) is -3.28. The van der Waals surface area contributed by atoms with E-state index in [-0.39, 0.29) is 31.6 Å². The molecular formula is C37H45ClN2O6. The first-order valence-corrected chi connectivity index (χ1v) is 16.6. The number of ether oxygens (including phenoxy) is 2. The molecule has 3 saturated heterocycles. The number of likely N-dealkylation sites (tertiary alicyclic amines) is 1. The van der Waals surface area contributed by atoms with Crippen LogP contribution in [-0.4, -0.2) is 70.8 Å². The molecular weight excluding hydrogens is 604 g/mol. The number of anilines is 1. The highest BCUT2D eigenvalue weighted by molar-refractivity contribution is 6.34. The molecule has 3 fully saturated rings. The maximum absolute atomic E-state index is 15.1. The molecule has 0 aromatic heterocycles. The Hall–Kier alpha value is -3.46. The average molecular weight is 649 g/mol. The number of aryl methyl sites for hydroxylation is 1. The summed E-state index contributed by atoms with van der Waals surface area (Å²) in [6, 6.07) is 13.1. The molecule has 246 valence electrons. The van der Waals surface area contributed by atoms with E-state index in [1.807, 2.05) is 69.3 Å². The zero-order valence-corrected chi connectivity index (χ0v) is 27.7. The Kier molecular flexibility index (Phi) is 10.1. The highest BCUT2D eigenvalue weighted by Crippen LogP contribution is 2.66. The molecule has 2 aromatic rings. The summed E-state index contributed by atoms with van der Waals surface area (Å²) < 4.78 is 12.7. The van der Waals surface area contributed by atoms with Crippen molar-refractivity contribution in [2.24, 2.45) is 17.8 Å². The molecule has 2 aromatic carbocycles. The minimum atomic E-state index is -1.31. The molecule has 2 amide bonds. The second-order valence-electron chi connectivity index (χ2n) is 13.1. The van der Waals surface area contributed by atoms with Gasteiger partial charge in [0.2, 0.25) is 5.91 Å². The first-order chi connectivity index (χ1) is 22.0. The molecule has 3 aliphatic heterocycles. The summed E-state index contributed by atoms with van der Waals surface area (Å²) in [4.78, 5) is 46.9. The zero-order chi connectivity index (χ0) is 33.2. The van der Waals surface area contributed by atoms with E-state index in [1.165, 1.54) is 4.90 Å². The number of esters is 1. The van der Waals surface area contributed by atoms with Crippen molar-refractivity contribution in [2.75, 3.05) is 24.7 Å². The van der Waals surface area contributed by atoms with E-state index in [0.717, 1.165) is 24.0 Å². The molecule has 3 unspecified atom stereocenters. The standard InChI is InChI=1S/C37H45ClN2O6/c1-6-8-9-13-20-45-35(44)30-29-33(42)40(27(23-41)21-26-16-11-10-12-17-26)32(37(29)22-25(4)36(30,5)46-37)34(43)39(19-7-2)31-24(3)15-14-18-28(31)38/h6-7,10-12,14-18,25,27,29-30,32,41H,1-2,8-9,13,19-23H2,3-5H3/t25?,27-,29+,30+,32?,36-,37?/m1/s1. The Morgan fingerprint density at radius 3 is 2.57 bits per heavy atom. The number of rotatable bonds is 14. The van der Waals surface area contributed by atoms with Crippen LogP contribution in [0.4, 0.5) is 5.69 Å². The number of carbonyl (C=O) groups is 3. The van der Waals surface area contributed by atoms with Crippen LogP contribution in [0.1, 0.15) is 50.7 Å². The number of para-hydroxylation sites is 1. The number of carbonyl (C=O) groups excluding carboxylic acids is 3. The van der Waals surface area contributed by atoms with Crippen LogP contribution >= 0.6 is 11.6 Å². The van der Waals surface area contributed by atoms with Crippen LogP contribution in [0.3, 0.4) is 0 Å². The van der Waals surface area contributed by atoms with Crippen molar-refractivity contribution < 1.29 is 29.0 Å². The lowest BCUT2D eigenvalue weighted by atomic mass is 9.62. The number of halogens is 1. The molecule has 0 saturated carbocycles. The van der Waals surface area contributed by atoms with E-state index >= 15 is 4.79 Å². The molecule has 1 spiro atoms. The predicted octanol–water partition coefficient (Wildman–Crippen LogP) is 5.68. The van der Waals surface area contributed by atoms with Crippen LogP contribution in [0.2, 0.25) is 5.02 Å². The van der Waals surface area contributed by atoms with Gasteiger partial charge in [-0.2, -0.15) is 0 Å². The highest BCUT2D eigenvalue weighted by atomic mass is 35.5. The minimum Gasteiger partial charge on any atom is -0.465 e. The number of aliphatic hydroxyl groups excluding tert-OH is 1. The summed E-state index contributed by atoms with van der Waals surface area (Å²) in [6.45, 7) is 13.3. The Bertz CT molecular complexity index is 1460. The molecule has 3 heterocycles. The summed E-state index contributed by atoms with van der Waals surface area (Å²) in [5.41, 5.74) is -0.118. The second-order valence-corrected chi connectivity index (χ2v) is 13.5. The highest BCUT2D eigenvalue weighted by Gasteiger charge is 2.80. The van der Waals surface area contributed by atoms with Crippen molar-refractivity contribution in [1.82, 2.24) is 4.90 Å². The Balaban J connectivity index is 1.61. The van der Waals surface area contributed by atoms with E-state index in [1.54, 1.807) is 17.0 Å². The summed E-state index contributed by atoms with van der Waals surface area (Å²) in [5, 5.41) is 11.2. The molecule has 7 atom stereocenters. The predicted molar refractivity (Wildman–Crippen MR) is 178 cm³/mol. The number of allylic oxidation sites excluding steroid dienone is 1. The third kappa shape index (κ3) is 5.69. The summed E-state index contributed by atoms with van der Waals surface area (Å²) in [6.07, 6.45) is 6.47. The minimum absolute atomic E-state index is 0.133. The van der Waals surface area contributed by atoms with Crippen LogP contribution in [0, 0.1) is 24.7 Å². The number of nitrogens with zero attached hydrogens (tertiary/aromatic N) is 2. The summed E-state index contributed by atoms with van der Waals surface area (Å²) in [7, 11) is 0. The van der Waals surface area contributed by atoms with Gasteiger partial charge < -0.3 is 24.4 Å². The van der Waals surface area contributed by atoms with Crippen molar-refractivity contribution in [3.8, 4) is 0 Å². The lowest BCUT2D eigenvalue weighted by Gasteiger charge is -2.40. The third-order valence-corrected chi connectivity index (χ3v) is 10.5. The number of aliphatic hydroxyl groups is 1. The van der Waals surface area contributed by atoms with Gasteiger partial charge in [0.25, 0.3) is 5.91 Å². The van der Waals surface area contributed by atoms with E-state index < -0.39 is 47.0 Å². The van der Waals surface area contributed by atoms with Gasteiger partial charge >= 0.3 is 5.97 Å². The van der Waals surface area contributed by atoms with Crippen LogP contribution < -0.4 is 4.90 Å². The fourth-order valence-corrected chi connectivity index (χ4v) is 8.35. The van der Waals surface area contributed by atoms with E-state index in [2.05, 4.69) is 13.2 Å². The van der Waals surface area contributed by atoms with Gasteiger partial charge in [0.15, 0.2) is 0 Å². The fraction of sp³-hybridized carbons (Fsp3) is 0.486. The molecule has 46 heavy (non-hydrogen) atoms. The summed E-state index contributed by atoms with van der Waals surface area (Å²) >= 11 is 6.70. The van der Waals surface area contributed by atoms with Crippen LogP contribution in [0.25, 0.3) is 0 Å². The van der Waals surface area contributed by atoms with Gasteiger partial charge in [-0.3, -0.25) is 14.4 Å². The Morgan fingerprint density at radius 1 is 1.17 bits per heavy atom. The largest absolute Gasteiger partial charge is 0.465 e. The van der Waals surface area contributed by atoms with E-state index in [4.69, 9.17) is 21.1 Å². The van der Waals surface area contributed by atoms with Gasteiger partial charge in [0.1, 0.15) is 17.6 Å². The van der Waals surface area contributed by atoms with Crippen molar-refractivity contribution in [2.45, 2.75) is 76.2 Å². The average Bonchev–Trinajstić information content (AvgIpc) is 3.55. The van der Waals surface area contributed by atoms with Crippen LogP contribution in [0.15, 0.2) is 73.8 Å². The third-order valence-electron chi connectivity index (χ3n) is 10.2. The number of hydrogen-bond donors (Lipinski definition) is 1. The van der Waals surface area contributed by atoms with Gasteiger partial charge in [0, 0.05) is 6.54 Å². The Labute approximate surface area is 277 Å². The van der Waals surface area contributed by atoms with E-state index in [0.29, 0.717) is 30.0 Å². The number of unbranched alkanes of at least 4 members (excludes halogenated alkanes) is 2. The van der Waals surface area contributed by atoms with E-state index in [9.17, 15) is 14.7 Å². The van der Waals surface area contributed by atoms with Crippen molar-refractivity contribution in [1.29, 1.82) is 0 Å². The smallest absolute Gasteiger partial charge is 0.312 e. The first kappa shape index (κ1) is 33.9. The topological polar surface area (TPSA) is 96.4 Å². The molecule has 2 bridgehead atoms. The molecule has 5 rings (SSSR count). The lowest BCUT2D eigenvalue weighted by molar-refractivity contribution is -0.162. The monoisotopic (exact) mass is 648 g/mol. The van der Waals surface area contributed by atoms with Crippen molar-refractivity contribution >= 4 is 35.1 Å². The quantitative estimate of drug-likeness (QED) is 0.161. The molecule has 0 aliphatic carbocycles. The van der Waals surface area contributed by atoms with Crippen LogP contribution in [-0.2, 0) is 30.3 Å². The SMILES string of the molecule is C=CCCCCOC(=O)[C@@H]1[C@H]2C(=O)N([C@@H](CO)Cc3ccccc3)C(C(=O)N(CC=C)c3c(C)cccc3Cl)C23CC(C)[C@@]1(C)O3. The van der Waals surface area contributed by atoms with Crippen molar-refractivity contribution in [3.63, 3.8) is 0 Å². The molecule has 0 radical (unpaired) electrons. The number of benzene rings is 2. The van der Waals surface area contributed by atoms with Gasteiger partial charge in [-0.1, -0.05) is 73.1 Å². The number of hydrogen-bond acceptors (Lipinski definition) is 6. The molecule has 8 nitrogen and oxygen atoms in total. The Morgan fingerprint density at radius 2 is 1.91 bits per heavy atom. The normalized spacial score (nSPS) is 28.5. The molecule has 3 aliphatic rings. The zero-order valence-electron chi connectivity index (χ0n) is 27.0. The number of fused-ring (bicyclic) bond motifs is 1. The van der Waals surface area contributed by atoms with Crippen LogP contribution in [0.5, 0.6) is 0 Å². The van der Waals surface area contributed by atoms with Gasteiger partial charge in [-0.05, 0) is 69.1 Å². The molecule has 1 N–H and O–H groups in total.